The molecule has 5 heteroatoms. The highest BCUT2D eigenvalue weighted by atomic mass is 35.5. The minimum atomic E-state index is -1.15. The van der Waals surface area contributed by atoms with Gasteiger partial charge in [0.15, 0.2) is 5.58 Å². The Kier molecular flexibility index (Phi) is 2.39. The first-order chi connectivity index (χ1) is 7.41. The normalized spacial score (nSPS) is 11.9. The summed E-state index contributed by atoms with van der Waals surface area (Å²) in [5, 5.41) is 9.59. The predicted octanol–water partition coefficient (Wildman–Crippen LogP) is 2.84. The first-order valence-corrected chi connectivity index (χ1v) is 5.09. The molecule has 4 nitrogen and oxygen atoms in total. The number of fused-ring (bicyclic) bond motifs is 1. The Bertz CT molecular complexity index is 559. The summed E-state index contributed by atoms with van der Waals surface area (Å²) in [6.07, 6.45) is 0. The molecule has 1 N–H and O–H groups in total. The van der Waals surface area contributed by atoms with Gasteiger partial charge >= 0.3 is 5.97 Å². The third kappa shape index (κ3) is 1.65. The number of carboxylic acids is 1. The molecule has 0 saturated heterocycles. The molecule has 16 heavy (non-hydrogen) atoms. The molecule has 0 aliphatic heterocycles. The van der Waals surface area contributed by atoms with E-state index >= 15 is 0 Å². The average Bonchev–Trinajstić information content (AvgIpc) is 2.60. The van der Waals surface area contributed by atoms with Crippen molar-refractivity contribution in [2.75, 3.05) is 0 Å². The van der Waals surface area contributed by atoms with Crippen molar-refractivity contribution in [1.29, 1.82) is 0 Å². The third-order valence-electron chi connectivity index (χ3n) is 2.42. The molecule has 2 rings (SSSR count). The number of aliphatic carboxylic acids is 1. The van der Waals surface area contributed by atoms with Crippen molar-refractivity contribution in [1.82, 2.24) is 4.98 Å². The molecule has 0 aliphatic rings. The Morgan fingerprint density at radius 1 is 1.50 bits per heavy atom. The summed E-state index contributed by atoms with van der Waals surface area (Å²) in [6.45, 7) is 3.09. The number of nitrogens with zero attached hydrogens (tertiary/aromatic N) is 1. The van der Waals surface area contributed by atoms with E-state index in [4.69, 9.17) is 21.1 Å². The van der Waals surface area contributed by atoms with Crippen molar-refractivity contribution >= 4 is 28.7 Å². The number of aromatic nitrogens is 1. The summed E-state index contributed by atoms with van der Waals surface area (Å²) >= 11 is 5.81. The summed E-state index contributed by atoms with van der Waals surface area (Å²) in [4.78, 5) is 15.2. The maximum atomic E-state index is 11.0. The summed E-state index contributed by atoms with van der Waals surface area (Å²) < 4.78 is 5.40. The van der Waals surface area contributed by atoms with Gasteiger partial charge in [0.2, 0.25) is 5.89 Å². The third-order valence-corrected chi connectivity index (χ3v) is 2.65. The van der Waals surface area contributed by atoms with Gasteiger partial charge in [0.1, 0.15) is 10.9 Å². The smallest absolute Gasteiger partial charge is 0.318 e. The van der Waals surface area contributed by atoms with E-state index in [2.05, 4.69) is 4.98 Å². The van der Waals surface area contributed by atoms with Crippen LogP contribution in [0.15, 0.2) is 22.6 Å². The van der Waals surface area contributed by atoms with Crippen LogP contribution in [0.4, 0.5) is 0 Å². The Morgan fingerprint density at radius 3 is 2.81 bits per heavy atom. The van der Waals surface area contributed by atoms with E-state index in [0.29, 0.717) is 16.1 Å². The number of carbonyl (C=O) groups is 1. The van der Waals surface area contributed by atoms with Crippen molar-refractivity contribution in [2.24, 2.45) is 0 Å². The van der Waals surface area contributed by atoms with Gasteiger partial charge in [0.25, 0.3) is 0 Å². The molecule has 0 spiro atoms. The number of hydrogen-bond acceptors (Lipinski definition) is 3. The highest BCUT2D eigenvalue weighted by molar-refractivity contribution is 6.31. The van der Waals surface area contributed by atoms with Crippen molar-refractivity contribution in [2.45, 2.75) is 19.3 Å². The zero-order valence-corrected chi connectivity index (χ0v) is 9.58. The molecule has 0 atom stereocenters. The van der Waals surface area contributed by atoms with Gasteiger partial charge in [-0.25, -0.2) is 4.98 Å². The lowest BCUT2D eigenvalue weighted by atomic mass is 9.94. The Hall–Kier alpha value is -1.55. The van der Waals surface area contributed by atoms with Crippen molar-refractivity contribution < 1.29 is 14.3 Å². The number of rotatable bonds is 2. The van der Waals surface area contributed by atoms with Gasteiger partial charge < -0.3 is 9.52 Å². The number of carboxylic acid groups (broad SMARTS) is 1. The topological polar surface area (TPSA) is 63.3 Å². The summed E-state index contributed by atoms with van der Waals surface area (Å²) in [5.41, 5.74) is -0.0450. The number of hydrogen-bond donors (Lipinski definition) is 1. The van der Waals surface area contributed by atoms with Gasteiger partial charge in [0.05, 0.1) is 0 Å². The molecule has 0 radical (unpaired) electrons. The molecule has 0 saturated carbocycles. The first-order valence-electron chi connectivity index (χ1n) is 4.71. The quantitative estimate of drug-likeness (QED) is 0.875. The molecular weight excluding hydrogens is 230 g/mol. The van der Waals surface area contributed by atoms with E-state index in [1.54, 1.807) is 32.0 Å². The molecule has 0 fully saturated rings. The van der Waals surface area contributed by atoms with Crippen molar-refractivity contribution in [3.8, 4) is 0 Å². The lowest BCUT2D eigenvalue weighted by molar-refractivity contribution is -0.143. The maximum absolute atomic E-state index is 11.0. The summed E-state index contributed by atoms with van der Waals surface area (Å²) in [6, 6.07) is 4.99. The van der Waals surface area contributed by atoms with E-state index in [9.17, 15) is 4.79 Å². The van der Waals surface area contributed by atoms with Gasteiger partial charge in [-0.1, -0.05) is 11.6 Å². The van der Waals surface area contributed by atoms with Gasteiger partial charge in [-0.15, -0.1) is 0 Å². The number of oxazole rings is 1. The predicted molar refractivity (Wildman–Crippen MR) is 59.7 cm³/mol. The maximum Gasteiger partial charge on any atom is 0.318 e. The van der Waals surface area contributed by atoms with E-state index < -0.39 is 11.4 Å². The van der Waals surface area contributed by atoms with Crippen LogP contribution in [0.25, 0.3) is 11.1 Å². The molecule has 1 aromatic carbocycles. The van der Waals surface area contributed by atoms with Gasteiger partial charge in [0, 0.05) is 5.02 Å². The van der Waals surface area contributed by atoms with Gasteiger partial charge in [-0.3, -0.25) is 4.79 Å². The van der Waals surface area contributed by atoms with Gasteiger partial charge in [-0.2, -0.15) is 0 Å². The molecule has 0 unspecified atom stereocenters. The van der Waals surface area contributed by atoms with Crippen LogP contribution in [0.5, 0.6) is 0 Å². The van der Waals surface area contributed by atoms with Crippen LogP contribution in [-0.2, 0) is 10.2 Å². The highest BCUT2D eigenvalue weighted by Gasteiger charge is 2.35. The largest absolute Gasteiger partial charge is 0.480 e. The van der Waals surface area contributed by atoms with E-state index in [0.717, 1.165) is 0 Å². The molecule has 84 valence electrons. The molecule has 0 bridgehead atoms. The number of halogens is 1. The van der Waals surface area contributed by atoms with Crippen molar-refractivity contribution in [3.63, 3.8) is 0 Å². The fraction of sp³-hybridized carbons (Fsp3) is 0.273. The lowest BCUT2D eigenvalue weighted by Crippen LogP contribution is -2.28. The van der Waals surface area contributed by atoms with Crippen LogP contribution in [0.3, 0.4) is 0 Å². The van der Waals surface area contributed by atoms with Crippen LogP contribution < -0.4 is 0 Å². The molecule has 1 heterocycles. The monoisotopic (exact) mass is 239 g/mol. The zero-order valence-electron chi connectivity index (χ0n) is 8.82. The van der Waals surface area contributed by atoms with Crippen molar-refractivity contribution in [3.05, 3.63) is 29.1 Å². The lowest BCUT2D eigenvalue weighted by Gasteiger charge is -2.13. The zero-order chi connectivity index (χ0) is 11.9. The molecule has 1 aromatic heterocycles. The molecule has 0 amide bonds. The van der Waals surface area contributed by atoms with E-state index in [1.165, 1.54) is 0 Å². The second-order valence-corrected chi connectivity index (χ2v) is 4.50. The average molecular weight is 240 g/mol. The van der Waals surface area contributed by atoms with Crippen LogP contribution in [0, 0.1) is 0 Å². The summed E-state index contributed by atoms with van der Waals surface area (Å²) in [5.74, 6) is -0.803. The van der Waals surface area contributed by atoms with E-state index in [-0.39, 0.29) is 5.89 Å². The number of benzene rings is 1. The second-order valence-electron chi connectivity index (χ2n) is 4.06. The van der Waals surface area contributed by atoms with Crippen LogP contribution in [-0.4, -0.2) is 16.1 Å². The minimum absolute atomic E-state index is 0.178. The standard InChI is InChI=1S/C11H10ClNO3/c1-11(2,10(14)15)9-13-7-5-6(12)3-4-8(7)16-9/h3-5H,1-2H3,(H,14,15). The minimum Gasteiger partial charge on any atom is -0.480 e. The molecule has 0 aliphatic carbocycles. The Morgan fingerprint density at radius 2 is 2.19 bits per heavy atom. The first kappa shape index (κ1) is 11.0. The fourth-order valence-electron chi connectivity index (χ4n) is 1.26. The van der Waals surface area contributed by atoms with Gasteiger partial charge in [-0.05, 0) is 32.0 Å². The van der Waals surface area contributed by atoms with Crippen LogP contribution >= 0.6 is 11.6 Å². The highest BCUT2D eigenvalue weighted by Crippen LogP contribution is 2.27. The fourth-order valence-corrected chi connectivity index (χ4v) is 1.43. The van der Waals surface area contributed by atoms with E-state index in [1.807, 2.05) is 0 Å². The Labute approximate surface area is 96.8 Å². The SMILES string of the molecule is CC(C)(C(=O)O)c1nc2cc(Cl)ccc2o1. The second kappa shape index (κ2) is 3.49. The Balaban J connectivity index is 2.59. The molecular formula is C11H10ClNO3. The van der Waals surface area contributed by atoms with Crippen LogP contribution in [0.2, 0.25) is 5.02 Å². The summed E-state index contributed by atoms with van der Waals surface area (Å²) in [7, 11) is 0. The van der Waals surface area contributed by atoms with Crippen LogP contribution in [0.1, 0.15) is 19.7 Å². The molecule has 2 aromatic rings.